The Hall–Kier alpha value is -2.22. The quantitative estimate of drug-likeness (QED) is 0.559. The molecule has 1 aliphatic carbocycles. The average Bonchev–Trinajstić information content (AvgIpc) is 3.10. The Morgan fingerprint density at radius 2 is 2.00 bits per heavy atom. The molecule has 0 bridgehead atoms. The summed E-state index contributed by atoms with van der Waals surface area (Å²) in [5, 5.41) is 8.86. The minimum atomic E-state index is 0.188. The number of hydrogen-bond acceptors (Lipinski definition) is 6. The Morgan fingerprint density at radius 1 is 1.20 bits per heavy atom. The van der Waals surface area contributed by atoms with Crippen LogP contribution in [0.3, 0.4) is 0 Å². The van der Waals surface area contributed by atoms with E-state index in [2.05, 4.69) is 28.1 Å². The number of benzene rings is 1. The van der Waals surface area contributed by atoms with Crippen molar-refractivity contribution >= 4 is 17.7 Å². The molecule has 1 aromatic heterocycles. The molecule has 1 amide bonds. The summed E-state index contributed by atoms with van der Waals surface area (Å²) in [5.74, 6) is 8.73. The van der Waals surface area contributed by atoms with Crippen molar-refractivity contribution in [2.75, 3.05) is 18.1 Å². The molecule has 1 aliphatic heterocycles. The number of aryl methyl sites for hydroxylation is 2. The van der Waals surface area contributed by atoms with Gasteiger partial charge in [0.15, 0.2) is 5.82 Å². The van der Waals surface area contributed by atoms with Gasteiger partial charge in [-0.3, -0.25) is 4.79 Å². The van der Waals surface area contributed by atoms with Gasteiger partial charge >= 0.3 is 0 Å². The highest BCUT2D eigenvalue weighted by Gasteiger charge is 2.35. The van der Waals surface area contributed by atoms with Crippen molar-refractivity contribution in [3.63, 3.8) is 0 Å². The first kappa shape index (κ1) is 21.0. The van der Waals surface area contributed by atoms with Crippen molar-refractivity contribution in [3.05, 3.63) is 35.2 Å². The number of carbonyl (C=O) groups excluding carboxylic acids is 1. The number of aromatic nitrogens is 3. The Morgan fingerprint density at radius 3 is 2.83 bits per heavy atom. The molecule has 2 atom stereocenters. The van der Waals surface area contributed by atoms with E-state index in [4.69, 9.17) is 10.6 Å². The number of piperidine rings is 1. The van der Waals surface area contributed by atoms with Gasteiger partial charge in [-0.15, -0.1) is 10.2 Å². The molecule has 2 heterocycles. The van der Waals surface area contributed by atoms with E-state index in [-0.39, 0.29) is 12.5 Å². The van der Waals surface area contributed by atoms with E-state index in [0.29, 0.717) is 28.7 Å². The van der Waals surface area contributed by atoms with Gasteiger partial charge in [0.25, 0.3) is 0 Å². The standard InChI is InChI=1S/C22H31N5O2S/c1-15-9-10-19(16(2)12-15)29-13-20-24-25-22(27(20)23)30-14-21(28)26-11-5-7-17-6-3-4-8-18(17)26/h9-10,12,17-18H,3-8,11,13-14,23H2,1-2H3/t17-,18+/m0/s1. The lowest BCUT2D eigenvalue weighted by molar-refractivity contribution is -0.134. The van der Waals surface area contributed by atoms with Crippen LogP contribution in [0.25, 0.3) is 0 Å². The second-order valence-electron chi connectivity index (χ2n) is 8.46. The van der Waals surface area contributed by atoms with Gasteiger partial charge in [-0.05, 0) is 57.1 Å². The number of carbonyl (C=O) groups is 1. The second-order valence-corrected chi connectivity index (χ2v) is 9.40. The Balaban J connectivity index is 1.33. The number of nitrogens with zero attached hydrogens (tertiary/aromatic N) is 4. The SMILES string of the molecule is Cc1ccc(OCc2nnc(SCC(=O)N3CCC[C@@H]4CCCC[C@H]43)n2N)c(C)c1. The van der Waals surface area contributed by atoms with Crippen molar-refractivity contribution < 1.29 is 9.53 Å². The molecule has 7 nitrogen and oxygen atoms in total. The van der Waals surface area contributed by atoms with E-state index >= 15 is 0 Å². The first-order chi connectivity index (χ1) is 14.5. The number of fused-ring (bicyclic) bond motifs is 1. The van der Waals surface area contributed by atoms with E-state index in [1.165, 1.54) is 47.7 Å². The van der Waals surface area contributed by atoms with Crippen LogP contribution in [0.2, 0.25) is 0 Å². The summed E-state index contributed by atoms with van der Waals surface area (Å²) in [4.78, 5) is 15.0. The van der Waals surface area contributed by atoms with E-state index in [0.717, 1.165) is 30.7 Å². The number of ether oxygens (including phenoxy) is 1. The molecule has 1 saturated carbocycles. The summed E-state index contributed by atoms with van der Waals surface area (Å²) in [6.07, 6.45) is 7.34. The normalized spacial score (nSPS) is 21.3. The van der Waals surface area contributed by atoms with Crippen molar-refractivity contribution in [1.29, 1.82) is 0 Å². The van der Waals surface area contributed by atoms with E-state index in [9.17, 15) is 4.79 Å². The summed E-state index contributed by atoms with van der Waals surface area (Å²) in [6, 6.07) is 6.47. The minimum absolute atomic E-state index is 0.188. The van der Waals surface area contributed by atoms with E-state index < -0.39 is 0 Å². The molecule has 30 heavy (non-hydrogen) atoms. The fourth-order valence-electron chi connectivity index (χ4n) is 4.75. The second kappa shape index (κ2) is 9.29. The molecule has 0 radical (unpaired) electrons. The van der Waals surface area contributed by atoms with Crippen LogP contribution in [-0.2, 0) is 11.4 Å². The summed E-state index contributed by atoms with van der Waals surface area (Å²) in [7, 11) is 0. The first-order valence-corrected chi connectivity index (χ1v) is 11.8. The van der Waals surface area contributed by atoms with Crippen LogP contribution in [0.15, 0.2) is 23.4 Å². The Labute approximate surface area is 182 Å². The summed E-state index contributed by atoms with van der Waals surface area (Å²) >= 11 is 1.35. The van der Waals surface area contributed by atoms with Crippen molar-refractivity contribution in [3.8, 4) is 5.75 Å². The number of rotatable bonds is 6. The zero-order valence-electron chi connectivity index (χ0n) is 17.8. The fourth-order valence-corrected chi connectivity index (χ4v) is 5.51. The first-order valence-electron chi connectivity index (χ1n) is 10.8. The fraction of sp³-hybridized carbons (Fsp3) is 0.591. The maximum absolute atomic E-state index is 12.9. The Kier molecular flexibility index (Phi) is 6.51. The molecular formula is C22H31N5O2S. The van der Waals surface area contributed by atoms with Gasteiger partial charge in [-0.1, -0.05) is 42.3 Å². The van der Waals surface area contributed by atoms with Crippen molar-refractivity contribution in [2.45, 2.75) is 70.2 Å². The molecule has 0 spiro atoms. The summed E-state index contributed by atoms with van der Waals surface area (Å²) in [5.41, 5.74) is 2.26. The molecular weight excluding hydrogens is 398 g/mol. The van der Waals surface area contributed by atoms with Gasteiger partial charge < -0.3 is 15.5 Å². The molecule has 2 N–H and O–H groups in total. The number of thioether (sulfide) groups is 1. The number of nitrogen functional groups attached to an aromatic ring is 1. The van der Waals surface area contributed by atoms with Gasteiger partial charge in [-0.25, -0.2) is 4.68 Å². The minimum Gasteiger partial charge on any atom is -0.485 e. The molecule has 2 aromatic rings. The highest BCUT2D eigenvalue weighted by molar-refractivity contribution is 7.99. The van der Waals surface area contributed by atoms with Gasteiger partial charge in [0, 0.05) is 12.6 Å². The highest BCUT2D eigenvalue weighted by Crippen LogP contribution is 2.35. The maximum Gasteiger partial charge on any atom is 0.233 e. The van der Waals surface area contributed by atoms with Gasteiger partial charge in [0.1, 0.15) is 12.4 Å². The van der Waals surface area contributed by atoms with Crippen LogP contribution >= 0.6 is 11.8 Å². The number of likely N-dealkylation sites (tertiary alicyclic amines) is 1. The van der Waals surface area contributed by atoms with Gasteiger partial charge in [0.05, 0.1) is 5.75 Å². The van der Waals surface area contributed by atoms with Gasteiger partial charge in [0.2, 0.25) is 11.1 Å². The zero-order valence-corrected chi connectivity index (χ0v) is 18.7. The van der Waals surface area contributed by atoms with Crippen molar-refractivity contribution in [1.82, 2.24) is 19.8 Å². The smallest absolute Gasteiger partial charge is 0.233 e. The van der Waals surface area contributed by atoms with Crippen LogP contribution in [0.4, 0.5) is 0 Å². The maximum atomic E-state index is 12.9. The average molecular weight is 430 g/mol. The summed E-state index contributed by atoms with van der Waals surface area (Å²) < 4.78 is 7.30. The zero-order chi connectivity index (χ0) is 21.1. The third kappa shape index (κ3) is 4.58. The molecule has 8 heteroatoms. The van der Waals surface area contributed by atoms with Crippen molar-refractivity contribution in [2.24, 2.45) is 5.92 Å². The van der Waals surface area contributed by atoms with Gasteiger partial charge in [-0.2, -0.15) is 0 Å². The predicted molar refractivity (Wildman–Crippen MR) is 118 cm³/mol. The molecule has 0 unspecified atom stereocenters. The lowest BCUT2D eigenvalue weighted by Crippen LogP contribution is -2.50. The monoisotopic (exact) mass is 429 g/mol. The van der Waals surface area contributed by atoms with E-state index in [1.54, 1.807) is 0 Å². The third-order valence-electron chi connectivity index (χ3n) is 6.31. The van der Waals surface area contributed by atoms with Crippen LogP contribution < -0.4 is 10.6 Å². The van der Waals surface area contributed by atoms with Crippen LogP contribution in [0.5, 0.6) is 5.75 Å². The largest absolute Gasteiger partial charge is 0.485 e. The predicted octanol–water partition coefficient (Wildman–Crippen LogP) is 3.46. The molecule has 1 saturated heterocycles. The number of amides is 1. The molecule has 162 valence electrons. The summed E-state index contributed by atoms with van der Waals surface area (Å²) in [6.45, 7) is 5.18. The molecule has 2 aliphatic rings. The number of nitrogens with two attached hydrogens (primary N) is 1. The molecule has 1 aromatic carbocycles. The third-order valence-corrected chi connectivity index (χ3v) is 7.24. The van der Waals surface area contributed by atoms with Crippen LogP contribution in [0.1, 0.15) is 55.5 Å². The highest BCUT2D eigenvalue weighted by atomic mass is 32.2. The van der Waals surface area contributed by atoms with Crippen LogP contribution in [-0.4, -0.2) is 44.0 Å². The molecule has 2 fully saturated rings. The topological polar surface area (TPSA) is 86.3 Å². The van der Waals surface area contributed by atoms with E-state index in [1.807, 2.05) is 19.1 Å². The van der Waals surface area contributed by atoms with Crippen LogP contribution in [0, 0.1) is 19.8 Å². The lowest BCUT2D eigenvalue weighted by atomic mass is 9.78. The molecule has 4 rings (SSSR count). The number of hydrogen-bond donors (Lipinski definition) is 1. The lowest BCUT2D eigenvalue weighted by Gasteiger charge is -2.44. The Bertz CT molecular complexity index is 898.